The van der Waals surface area contributed by atoms with Crippen molar-refractivity contribution in [2.75, 3.05) is 31.2 Å². The fourth-order valence-corrected chi connectivity index (χ4v) is 2.76. The van der Waals surface area contributed by atoms with E-state index in [2.05, 4.69) is 15.4 Å². The van der Waals surface area contributed by atoms with Crippen molar-refractivity contribution in [3.63, 3.8) is 0 Å². The molecule has 0 aromatic heterocycles. The number of amides is 1. The molecule has 1 aromatic carbocycles. The maximum atomic E-state index is 12.2. The van der Waals surface area contributed by atoms with Gasteiger partial charge in [-0.15, -0.1) is 0 Å². The first-order chi connectivity index (χ1) is 9.47. The second-order valence-electron chi connectivity index (χ2n) is 4.81. The van der Waals surface area contributed by atoms with Gasteiger partial charge >= 0.3 is 0 Å². The van der Waals surface area contributed by atoms with E-state index in [4.69, 9.17) is 0 Å². The van der Waals surface area contributed by atoms with Crippen LogP contribution in [0.15, 0.2) is 24.3 Å². The van der Waals surface area contributed by atoms with E-state index in [1.165, 1.54) is 0 Å². The van der Waals surface area contributed by atoms with E-state index in [1.54, 1.807) is 0 Å². The van der Waals surface area contributed by atoms with Crippen LogP contribution in [0.3, 0.4) is 0 Å². The lowest BCUT2D eigenvalue weighted by molar-refractivity contribution is -0.122. The van der Waals surface area contributed by atoms with E-state index in [-0.39, 0.29) is 24.9 Å². The van der Waals surface area contributed by atoms with Crippen LogP contribution >= 0.6 is 0 Å². The Labute approximate surface area is 119 Å². The van der Waals surface area contributed by atoms with Crippen LogP contribution in [0.1, 0.15) is 17.9 Å². The molecule has 0 saturated carbocycles. The first-order valence-corrected chi connectivity index (χ1v) is 8.41. The predicted octanol–water partition coefficient (Wildman–Crippen LogP) is 0.251. The maximum Gasteiger partial charge on any atom is 0.227 e. The normalized spacial score (nSPS) is 17.9. The van der Waals surface area contributed by atoms with Crippen molar-refractivity contribution in [1.82, 2.24) is 10.0 Å². The second kappa shape index (κ2) is 6.23. The summed E-state index contributed by atoms with van der Waals surface area (Å²) >= 11 is 0. The van der Waals surface area contributed by atoms with Crippen LogP contribution in [-0.2, 0) is 14.8 Å². The first-order valence-electron chi connectivity index (χ1n) is 6.52. The van der Waals surface area contributed by atoms with Crippen LogP contribution in [0.2, 0.25) is 0 Å². The lowest BCUT2D eigenvalue weighted by atomic mass is 9.90. The molecule has 1 atom stereocenters. The first kappa shape index (κ1) is 14.8. The fraction of sp³-hybridized carbons (Fsp3) is 0.462. The van der Waals surface area contributed by atoms with Gasteiger partial charge in [0.1, 0.15) is 0 Å². The molecule has 0 aliphatic carbocycles. The molecule has 0 radical (unpaired) electrons. The molecule has 1 aliphatic rings. The van der Waals surface area contributed by atoms with Crippen molar-refractivity contribution >= 4 is 21.6 Å². The molecule has 6 nitrogen and oxygen atoms in total. The van der Waals surface area contributed by atoms with Crippen molar-refractivity contribution in [3.05, 3.63) is 29.8 Å². The third-order valence-electron chi connectivity index (χ3n) is 3.19. The highest BCUT2D eigenvalue weighted by molar-refractivity contribution is 7.88. The SMILES string of the molecule is CS(=O)(=O)NCCNC(=O)C1CCNc2ccccc21. The molecule has 1 amide bonds. The molecule has 20 heavy (non-hydrogen) atoms. The summed E-state index contributed by atoms with van der Waals surface area (Å²) in [5, 5.41) is 6.04. The van der Waals surface area contributed by atoms with Crippen molar-refractivity contribution < 1.29 is 13.2 Å². The maximum absolute atomic E-state index is 12.2. The van der Waals surface area contributed by atoms with Crippen LogP contribution in [0.4, 0.5) is 5.69 Å². The number of hydrogen-bond donors (Lipinski definition) is 3. The third-order valence-corrected chi connectivity index (χ3v) is 3.92. The van der Waals surface area contributed by atoms with Gasteiger partial charge in [0, 0.05) is 25.3 Å². The van der Waals surface area contributed by atoms with Crippen molar-refractivity contribution in [1.29, 1.82) is 0 Å². The molecular weight excluding hydrogens is 278 g/mol. The minimum Gasteiger partial charge on any atom is -0.385 e. The van der Waals surface area contributed by atoms with Crippen molar-refractivity contribution in [2.45, 2.75) is 12.3 Å². The third kappa shape index (κ3) is 3.94. The summed E-state index contributed by atoms with van der Waals surface area (Å²) in [6.45, 7) is 1.26. The van der Waals surface area contributed by atoms with Gasteiger partial charge in [-0.05, 0) is 18.1 Å². The monoisotopic (exact) mass is 297 g/mol. The molecule has 0 fully saturated rings. The van der Waals surface area contributed by atoms with Crippen LogP contribution in [0.5, 0.6) is 0 Å². The van der Waals surface area contributed by atoms with E-state index in [0.717, 1.165) is 30.5 Å². The molecule has 1 aromatic rings. The summed E-state index contributed by atoms with van der Waals surface area (Å²) in [6, 6.07) is 7.75. The summed E-state index contributed by atoms with van der Waals surface area (Å²) in [6.07, 6.45) is 1.83. The average Bonchev–Trinajstić information content (AvgIpc) is 2.41. The quantitative estimate of drug-likeness (QED) is 0.680. The minimum atomic E-state index is -3.21. The highest BCUT2D eigenvalue weighted by Gasteiger charge is 2.25. The molecule has 7 heteroatoms. The Balaban J connectivity index is 1.91. The van der Waals surface area contributed by atoms with Gasteiger partial charge in [-0.3, -0.25) is 4.79 Å². The minimum absolute atomic E-state index is 0.0609. The van der Waals surface area contributed by atoms with E-state index >= 15 is 0 Å². The number of hydrogen-bond acceptors (Lipinski definition) is 4. The number of anilines is 1. The molecular formula is C13H19N3O3S. The molecule has 3 N–H and O–H groups in total. The predicted molar refractivity (Wildman–Crippen MR) is 78.1 cm³/mol. The van der Waals surface area contributed by atoms with Crippen molar-refractivity contribution in [3.8, 4) is 0 Å². The van der Waals surface area contributed by atoms with Crippen LogP contribution in [-0.4, -0.2) is 40.2 Å². The summed E-state index contributed by atoms with van der Waals surface area (Å²) in [5.41, 5.74) is 1.99. The van der Waals surface area contributed by atoms with Gasteiger partial charge in [-0.2, -0.15) is 0 Å². The number of fused-ring (bicyclic) bond motifs is 1. The van der Waals surface area contributed by atoms with Gasteiger partial charge in [-0.1, -0.05) is 18.2 Å². The van der Waals surface area contributed by atoms with Crippen LogP contribution in [0, 0.1) is 0 Å². The van der Waals surface area contributed by atoms with E-state index in [9.17, 15) is 13.2 Å². The summed E-state index contributed by atoms with van der Waals surface area (Å²) in [7, 11) is -3.21. The summed E-state index contributed by atoms with van der Waals surface area (Å²) < 4.78 is 24.2. The highest BCUT2D eigenvalue weighted by Crippen LogP contribution is 2.31. The smallest absolute Gasteiger partial charge is 0.227 e. The average molecular weight is 297 g/mol. The molecule has 0 bridgehead atoms. The molecule has 110 valence electrons. The second-order valence-corrected chi connectivity index (χ2v) is 6.65. The van der Waals surface area contributed by atoms with E-state index in [0.29, 0.717) is 0 Å². The largest absolute Gasteiger partial charge is 0.385 e. The Morgan fingerprint density at radius 1 is 1.35 bits per heavy atom. The fourth-order valence-electron chi connectivity index (χ4n) is 2.29. The zero-order valence-electron chi connectivity index (χ0n) is 11.3. The molecule has 0 saturated heterocycles. The van der Waals surface area contributed by atoms with E-state index < -0.39 is 10.0 Å². The number of para-hydroxylation sites is 1. The Kier molecular flexibility index (Phi) is 4.61. The topological polar surface area (TPSA) is 87.3 Å². The van der Waals surface area contributed by atoms with Crippen LogP contribution < -0.4 is 15.4 Å². The zero-order chi connectivity index (χ0) is 14.6. The number of nitrogens with one attached hydrogen (secondary N) is 3. The molecule has 1 heterocycles. The number of sulfonamides is 1. The molecule has 1 aliphatic heterocycles. The summed E-state index contributed by atoms with van der Waals surface area (Å²) in [4.78, 5) is 12.2. The molecule has 1 unspecified atom stereocenters. The Morgan fingerprint density at radius 3 is 2.85 bits per heavy atom. The Bertz CT molecular complexity index is 586. The van der Waals surface area contributed by atoms with Gasteiger partial charge in [0.05, 0.1) is 12.2 Å². The van der Waals surface area contributed by atoms with Crippen molar-refractivity contribution in [2.24, 2.45) is 0 Å². The van der Waals surface area contributed by atoms with Gasteiger partial charge in [-0.25, -0.2) is 13.1 Å². The molecule has 2 rings (SSSR count). The zero-order valence-corrected chi connectivity index (χ0v) is 12.2. The number of carbonyl (C=O) groups excluding carboxylic acids is 1. The number of benzene rings is 1. The summed E-state index contributed by atoms with van der Waals surface area (Å²) in [5.74, 6) is -0.236. The molecule has 0 spiro atoms. The highest BCUT2D eigenvalue weighted by atomic mass is 32.2. The van der Waals surface area contributed by atoms with Gasteiger partial charge in [0.2, 0.25) is 15.9 Å². The lowest BCUT2D eigenvalue weighted by Crippen LogP contribution is -2.38. The number of rotatable bonds is 5. The van der Waals surface area contributed by atoms with Gasteiger partial charge in [0.25, 0.3) is 0 Å². The van der Waals surface area contributed by atoms with Gasteiger partial charge in [0.15, 0.2) is 0 Å². The number of carbonyl (C=O) groups is 1. The standard InChI is InChI=1S/C13H19N3O3S/c1-20(18,19)16-9-8-15-13(17)11-6-7-14-12-5-3-2-4-10(11)12/h2-5,11,14,16H,6-9H2,1H3,(H,15,17). The van der Waals surface area contributed by atoms with Gasteiger partial charge < -0.3 is 10.6 Å². The Morgan fingerprint density at radius 2 is 2.10 bits per heavy atom. The Hall–Kier alpha value is -1.60. The van der Waals surface area contributed by atoms with Crippen LogP contribution in [0.25, 0.3) is 0 Å². The lowest BCUT2D eigenvalue weighted by Gasteiger charge is -2.25. The van der Waals surface area contributed by atoms with E-state index in [1.807, 2.05) is 24.3 Å².